The van der Waals surface area contributed by atoms with Crippen LogP contribution in [0.25, 0.3) is 0 Å². The molecule has 2 amide bonds. The molecule has 0 heterocycles. The Hall–Kier alpha value is -2.58. The molecule has 0 unspecified atom stereocenters. The summed E-state index contributed by atoms with van der Waals surface area (Å²) < 4.78 is 39.5. The molecule has 2 aromatic rings. The van der Waals surface area contributed by atoms with Gasteiger partial charge in [-0.1, -0.05) is 41.9 Å². The molecular formula is C26H28ClF3N2O3. The van der Waals surface area contributed by atoms with Gasteiger partial charge in [-0.25, -0.2) is 0 Å². The number of nitrogens with two attached hydrogens (primary N) is 1. The van der Waals surface area contributed by atoms with Gasteiger partial charge in [-0.15, -0.1) is 0 Å². The van der Waals surface area contributed by atoms with Gasteiger partial charge in [0, 0.05) is 22.7 Å². The number of amides is 2. The number of rotatable bonds is 6. The molecule has 35 heavy (non-hydrogen) atoms. The summed E-state index contributed by atoms with van der Waals surface area (Å²) in [5.74, 6) is -0.708. The maximum Gasteiger partial charge on any atom is 0.421 e. The lowest BCUT2D eigenvalue weighted by atomic mass is 9.67. The van der Waals surface area contributed by atoms with Crippen molar-refractivity contribution in [2.75, 3.05) is 0 Å². The minimum Gasteiger partial charge on any atom is -0.376 e. The smallest absolute Gasteiger partial charge is 0.376 e. The van der Waals surface area contributed by atoms with Crippen molar-refractivity contribution >= 4 is 23.4 Å². The predicted molar refractivity (Wildman–Crippen MR) is 126 cm³/mol. The second-order valence-corrected chi connectivity index (χ2v) is 10.2. The first-order valence-electron chi connectivity index (χ1n) is 11.7. The van der Waals surface area contributed by atoms with E-state index < -0.39 is 23.1 Å². The summed E-state index contributed by atoms with van der Waals surface area (Å²) in [5.41, 5.74) is 2.56. The van der Waals surface area contributed by atoms with E-state index in [0.29, 0.717) is 43.2 Å². The Labute approximate surface area is 207 Å². The molecule has 2 saturated carbocycles. The number of nitrogens with zero attached hydrogens (tertiary/aromatic N) is 1. The van der Waals surface area contributed by atoms with Crippen molar-refractivity contribution in [2.24, 2.45) is 5.73 Å². The molecular weight excluding hydrogens is 481 g/mol. The van der Waals surface area contributed by atoms with Crippen LogP contribution in [-0.2, 0) is 15.8 Å². The zero-order valence-electron chi connectivity index (χ0n) is 19.3. The van der Waals surface area contributed by atoms with Crippen molar-refractivity contribution in [3.63, 3.8) is 0 Å². The first-order valence-corrected chi connectivity index (χ1v) is 12.0. The normalized spacial score (nSPS) is 24.5. The molecule has 2 aliphatic carbocycles. The van der Waals surface area contributed by atoms with Crippen molar-refractivity contribution in [3.8, 4) is 0 Å². The molecule has 1 atom stereocenters. The van der Waals surface area contributed by atoms with E-state index in [1.54, 1.807) is 12.1 Å². The van der Waals surface area contributed by atoms with E-state index >= 15 is 0 Å². The predicted octanol–water partition coefficient (Wildman–Crippen LogP) is 5.08. The van der Waals surface area contributed by atoms with Gasteiger partial charge in [-0.3, -0.25) is 9.59 Å². The molecule has 0 aliphatic heterocycles. The third-order valence-electron chi connectivity index (χ3n) is 7.48. The molecule has 0 radical (unpaired) electrons. The summed E-state index contributed by atoms with van der Waals surface area (Å²) in [5, 5.41) is 10.4. The molecule has 3 N–H and O–H groups in total. The second kappa shape index (κ2) is 9.13. The van der Waals surface area contributed by atoms with Gasteiger partial charge in [-0.05, 0) is 74.8 Å². The highest BCUT2D eigenvalue weighted by atomic mass is 35.5. The number of benzene rings is 2. The summed E-state index contributed by atoms with van der Waals surface area (Å²) in [4.78, 5) is 27.8. The maximum absolute atomic E-state index is 13.4. The molecule has 2 aromatic carbocycles. The van der Waals surface area contributed by atoms with Crippen LogP contribution < -0.4 is 5.73 Å². The molecule has 4 rings (SSSR count). The molecule has 188 valence electrons. The van der Waals surface area contributed by atoms with Crippen LogP contribution in [0.4, 0.5) is 13.2 Å². The van der Waals surface area contributed by atoms with Gasteiger partial charge in [-0.2, -0.15) is 13.2 Å². The minimum atomic E-state index is -4.84. The van der Waals surface area contributed by atoms with E-state index in [9.17, 15) is 27.9 Å². The standard InChI is InChI=1S/C26H28ClF3N2O3/c1-24(35,26(28,29)30)17-8-6-16(7-9-17)22(33)32(18-10-11-18)19-12-14-25(15-13-19,23(31)34)20-4-2-3-5-21(20)27/h2-9,18-19,35H,10-15H2,1H3,(H2,31,34)/t19-,24-,25+/m0/s1. The first-order chi connectivity index (χ1) is 16.4. The fourth-order valence-electron chi connectivity index (χ4n) is 5.10. The van der Waals surface area contributed by atoms with Gasteiger partial charge in [0.2, 0.25) is 5.91 Å². The van der Waals surface area contributed by atoms with Crippen LogP contribution in [0.2, 0.25) is 5.02 Å². The van der Waals surface area contributed by atoms with Crippen LogP contribution in [0.5, 0.6) is 0 Å². The Morgan fingerprint density at radius 3 is 2.03 bits per heavy atom. The number of halogens is 4. The van der Waals surface area contributed by atoms with Gasteiger partial charge in [0.1, 0.15) is 0 Å². The van der Waals surface area contributed by atoms with Crippen LogP contribution in [-0.4, -0.2) is 40.1 Å². The second-order valence-electron chi connectivity index (χ2n) is 9.75. The summed E-state index contributed by atoms with van der Waals surface area (Å²) in [7, 11) is 0. The Morgan fingerprint density at radius 2 is 1.54 bits per heavy atom. The third-order valence-corrected chi connectivity index (χ3v) is 7.81. The van der Waals surface area contributed by atoms with Crippen molar-refractivity contribution in [2.45, 2.75) is 74.7 Å². The van der Waals surface area contributed by atoms with Crippen LogP contribution in [0.1, 0.15) is 66.9 Å². The fourth-order valence-corrected chi connectivity index (χ4v) is 5.42. The summed E-state index contributed by atoms with van der Waals surface area (Å²) in [6.07, 6.45) is -1.13. The molecule has 0 spiro atoms. The molecule has 0 bridgehead atoms. The topological polar surface area (TPSA) is 83.6 Å². The van der Waals surface area contributed by atoms with Crippen LogP contribution in [0, 0.1) is 0 Å². The van der Waals surface area contributed by atoms with E-state index in [1.807, 2.05) is 17.0 Å². The Balaban J connectivity index is 1.54. The average Bonchev–Trinajstić information content (AvgIpc) is 3.64. The van der Waals surface area contributed by atoms with Gasteiger partial charge >= 0.3 is 6.18 Å². The number of carbonyl (C=O) groups is 2. The lowest BCUT2D eigenvalue weighted by Gasteiger charge is -2.42. The zero-order valence-corrected chi connectivity index (χ0v) is 20.1. The Morgan fingerprint density at radius 1 is 1.00 bits per heavy atom. The lowest BCUT2D eigenvalue weighted by Crippen LogP contribution is -2.50. The number of aliphatic hydroxyl groups is 1. The lowest BCUT2D eigenvalue weighted by molar-refractivity contribution is -0.258. The highest BCUT2D eigenvalue weighted by molar-refractivity contribution is 6.31. The van der Waals surface area contributed by atoms with Crippen LogP contribution in [0.15, 0.2) is 48.5 Å². The van der Waals surface area contributed by atoms with Crippen LogP contribution in [0.3, 0.4) is 0 Å². The number of primary amides is 1. The van der Waals surface area contributed by atoms with E-state index in [-0.39, 0.29) is 29.1 Å². The van der Waals surface area contributed by atoms with E-state index in [2.05, 4.69) is 0 Å². The van der Waals surface area contributed by atoms with Gasteiger partial charge < -0.3 is 15.7 Å². The highest BCUT2D eigenvalue weighted by Gasteiger charge is 2.51. The van der Waals surface area contributed by atoms with E-state index in [4.69, 9.17) is 17.3 Å². The molecule has 9 heteroatoms. The van der Waals surface area contributed by atoms with Crippen molar-refractivity contribution in [1.29, 1.82) is 0 Å². The SMILES string of the molecule is C[C@](O)(c1ccc(C(=O)N(C2CC2)[C@H]2CC[C@](C(N)=O)(c3ccccc3Cl)CC2)cc1)C(F)(F)F. The molecule has 0 saturated heterocycles. The largest absolute Gasteiger partial charge is 0.421 e. The summed E-state index contributed by atoms with van der Waals surface area (Å²) in [6, 6.07) is 12.0. The van der Waals surface area contributed by atoms with E-state index in [0.717, 1.165) is 25.0 Å². The van der Waals surface area contributed by atoms with Gasteiger partial charge in [0.15, 0.2) is 5.60 Å². The average molecular weight is 509 g/mol. The summed E-state index contributed by atoms with van der Waals surface area (Å²) >= 11 is 6.39. The number of hydrogen-bond donors (Lipinski definition) is 2. The highest BCUT2D eigenvalue weighted by Crippen LogP contribution is 2.45. The summed E-state index contributed by atoms with van der Waals surface area (Å²) in [6.45, 7) is 0.687. The fraction of sp³-hybridized carbons (Fsp3) is 0.462. The quantitative estimate of drug-likeness (QED) is 0.570. The third kappa shape index (κ3) is 4.66. The first kappa shape index (κ1) is 25.5. The minimum absolute atomic E-state index is 0.0619. The maximum atomic E-state index is 13.4. The zero-order chi connectivity index (χ0) is 25.6. The van der Waals surface area contributed by atoms with Crippen molar-refractivity contribution < 1.29 is 27.9 Å². The number of carbonyl (C=O) groups excluding carboxylic acids is 2. The Kier molecular flexibility index (Phi) is 6.66. The van der Waals surface area contributed by atoms with Gasteiger partial charge in [0.25, 0.3) is 5.91 Å². The van der Waals surface area contributed by atoms with Gasteiger partial charge in [0.05, 0.1) is 5.41 Å². The molecule has 0 aromatic heterocycles. The number of alkyl halides is 3. The van der Waals surface area contributed by atoms with Crippen molar-refractivity contribution in [3.05, 3.63) is 70.2 Å². The monoisotopic (exact) mass is 508 g/mol. The molecule has 2 aliphatic rings. The molecule has 5 nitrogen and oxygen atoms in total. The van der Waals surface area contributed by atoms with E-state index in [1.165, 1.54) is 12.1 Å². The molecule has 2 fully saturated rings. The van der Waals surface area contributed by atoms with Crippen LogP contribution >= 0.6 is 11.6 Å². The number of hydrogen-bond acceptors (Lipinski definition) is 3. The van der Waals surface area contributed by atoms with Crippen molar-refractivity contribution in [1.82, 2.24) is 4.90 Å². The Bertz CT molecular complexity index is 1110.